The highest BCUT2D eigenvalue weighted by Gasteiger charge is 2.31. The summed E-state index contributed by atoms with van der Waals surface area (Å²) in [5.41, 5.74) is 11.1. The Balaban J connectivity index is 0.00000289. The van der Waals surface area contributed by atoms with E-state index in [1.165, 1.54) is 0 Å². The molecule has 6 heteroatoms. The van der Waals surface area contributed by atoms with Crippen molar-refractivity contribution < 1.29 is 9.59 Å². The summed E-state index contributed by atoms with van der Waals surface area (Å²) in [5.74, 6) is -0.717. The van der Waals surface area contributed by atoms with Gasteiger partial charge < -0.3 is 16.8 Å². The molecule has 0 aromatic carbocycles. The molecule has 0 saturated heterocycles. The van der Waals surface area contributed by atoms with Gasteiger partial charge in [0, 0.05) is 6.04 Å². The number of hydrogen-bond donors (Lipinski definition) is 3. The highest BCUT2D eigenvalue weighted by atomic mass is 35.5. The Morgan fingerprint density at radius 3 is 2.50 bits per heavy atom. The maximum absolute atomic E-state index is 11.8. The van der Waals surface area contributed by atoms with Crippen LogP contribution in [0.5, 0.6) is 0 Å². The summed E-state index contributed by atoms with van der Waals surface area (Å²) in [7, 11) is 0. The molecule has 1 aliphatic rings. The van der Waals surface area contributed by atoms with Crippen LogP contribution in [0.4, 0.5) is 0 Å². The Kier molecular flexibility index (Phi) is 7.95. The van der Waals surface area contributed by atoms with E-state index in [4.69, 9.17) is 11.5 Å². The van der Waals surface area contributed by atoms with E-state index in [1.807, 2.05) is 6.92 Å². The number of rotatable bonds is 5. The first-order chi connectivity index (χ1) is 8.06. The van der Waals surface area contributed by atoms with Gasteiger partial charge in [0.05, 0.1) is 12.0 Å². The number of nitrogens with two attached hydrogens (primary N) is 2. The van der Waals surface area contributed by atoms with Gasteiger partial charge in [0.1, 0.15) is 0 Å². The SMILES string of the molecule is CCCC(N)C(=O)NC1CCCCC1C(N)=O.Cl. The number of carbonyl (C=O) groups is 2. The molecule has 1 aliphatic carbocycles. The first-order valence-electron chi connectivity index (χ1n) is 6.41. The number of nitrogens with one attached hydrogen (secondary N) is 1. The van der Waals surface area contributed by atoms with Gasteiger partial charge in [-0.15, -0.1) is 12.4 Å². The topological polar surface area (TPSA) is 98.2 Å². The molecule has 106 valence electrons. The number of hydrogen-bond acceptors (Lipinski definition) is 3. The van der Waals surface area contributed by atoms with Crippen molar-refractivity contribution in [1.82, 2.24) is 5.32 Å². The van der Waals surface area contributed by atoms with Gasteiger partial charge in [0.2, 0.25) is 11.8 Å². The smallest absolute Gasteiger partial charge is 0.237 e. The van der Waals surface area contributed by atoms with E-state index >= 15 is 0 Å². The maximum atomic E-state index is 11.8. The summed E-state index contributed by atoms with van der Waals surface area (Å²) < 4.78 is 0. The molecule has 0 heterocycles. The molecule has 1 fully saturated rings. The fourth-order valence-corrected chi connectivity index (χ4v) is 2.38. The zero-order chi connectivity index (χ0) is 12.8. The van der Waals surface area contributed by atoms with Crippen molar-refractivity contribution in [1.29, 1.82) is 0 Å². The molecular formula is C12H24ClN3O2. The van der Waals surface area contributed by atoms with Crippen molar-refractivity contribution in [3.05, 3.63) is 0 Å². The van der Waals surface area contributed by atoms with Crippen LogP contribution in [-0.2, 0) is 9.59 Å². The molecule has 1 rings (SSSR count). The number of amides is 2. The van der Waals surface area contributed by atoms with Crippen molar-refractivity contribution in [2.75, 3.05) is 0 Å². The summed E-state index contributed by atoms with van der Waals surface area (Å²) in [6, 6.07) is -0.605. The van der Waals surface area contributed by atoms with Crippen molar-refractivity contribution in [2.45, 2.75) is 57.5 Å². The summed E-state index contributed by atoms with van der Waals surface area (Å²) in [6.45, 7) is 1.99. The lowest BCUT2D eigenvalue weighted by atomic mass is 9.84. The molecular weight excluding hydrogens is 254 g/mol. The van der Waals surface area contributed by atoms with Gasteiger partial charge in [-0.1, -0.05) is 26.2 Å². The van der Waals surface area contributed by atoms with Gasteiger partial charge in [-0.05, 0) is 19.3 Å². The van der Waals surface area contributed by atoms with Crippen molar-refractivity contribution >= 4 is 24.2 Å². The van der Waals surface area contributed by atoms with E-state index in [1.54, 1.807) is 0 Å². The van der Waals surface area contributed by atoms with E-state index in [9.17, 15) is 9.59 Å². The molecule has 3 atom stereocenters. The quantitative estimate of drug-likeness (QED) is 0.690. The number of primary amides is 1. The van der Waals surface area contributed by atoms with Crippen LogP contribution in [0.15, 0.2) is 0 Å². The van der Waals surface area contributed by atoms with Crippen molar-refractivity contribution in [3.8, 4) is 0 Å². The molecule has 0 spiro atoms. The molecule has 5 N–H and O–H groups in total. The van der Waals surface area contributed by atoms with E-state index in [-0.39, 0.29) is 36.2 Å². The molecule has 0 aliphatic heterocycles. The lowest BCUT2D eigenvalue weighted by molar-refractivity contribution is -0.126. The summed E-state index contributed by atoms with van der Waals surface area (Å²) in [6.07, 6.45) is 5.15. The average Bonchev–Trinajstić information content (AvgIpc) is 2.29. The Morgan fingerprint density at radius 2 is 1.94 bits per heavy atom. The Hall–Kier alpha value is -0.810. The zero-order valence-corrected chi connectivity index (χ0v) is 11.7. The average molecular weight is 278 g/mol. The third-order valence-electron chi connectivity index (χ3n) is 3.40. The first-order valence-corrected chi connectivity index (χ1v) is 6.41. The highest BCUT2D eigenvalue weighted by Crippen LogP contribution is 2.24. The van der Waals surface area contributed by atoms with E-state index in [2.05, 4.69) is 5.32 Å². The van der Waals surface area contributed by atoms with Crippen LogP contribution in [0, 0.1) is 5.92 Å². The Morgan fingerprint density at radius 1 is 1.33 bits per heavy atom. The molecule has 0 radical (unpaired) electrons. The van der Waals surface area contributed by atoms with Crippen LogP contribution < -0.4 is 16.8 Å². The molecule has 1 saturated carbocycles. The largest absolute Gasteiger partial charge is 0.369 e. The van der Waals surface area contributed by atoms with Gasteiger partial charge in [0.15, 0.2) is 0 Å². The molecule has 3 unspecified atom stereocenters. The number of carbonyl (C=O) groups excluding carboxylic acids is 2. The second-order valence-corrected chi connectivity index (χ2v) is 4.80. The minimum absolute atomic E-state index is 0. The molecule has 0 aromatic rings. The van der Waals surface area contributed by atoms with Crippen LogP contribution in [0.3, 0.4) is 0 Å². The Labute approximate surface area is 114 Å². The monoisotopic (exact) mass is 277 g/mol. The maximum Gasteiger partial charge on any atom is 0.237 e. The molecule has 5 nitrogen and oxygen atoms in total. The van der Waals surface area contributed by atoms with Crippen LogP contribution in [0.25, 0.3) is 0 Å². The zero-order valence-electron chi connectivity index (χ0n) is 10.9. The third-order valence-corrected chi connectivity index (χ3v) is 3.40. The van der Waals surface area contributed by atoms with Gasteiger partial charge in [-0.3, -0.25) is 9.59 Å². The van der Waals surface area contributed by atoms with Gasteiger partial charge in [-0.25, -0.2) is 0 Å². The lowest BCUT2D eigenvalue weighted by Crippen LogP contribution is -2.51. The molecule has 18 heavy (non-hydrogen) atoms. The second-order valence-electron chi connectivity index (χ2n) is 4.80. The van der Waals surface area contributed by atoms with E-state index in [0.717, 1.165) is 32.1 Å². The predicted molar refractivity (Wildman–Crippen MR) is 73.2 cm³/mol. The molecule has 2 amide bonds. The Bertz CT molecular complexity index is 286. The van der Waals surface area contributed by atoms with Crippen LogP contribution in [-0.4, -0.2) is 23.9 Å². The van der Waals surface area contributed by atoms with Gasteiger partial charge in [0.25, 0.3) is 0 Å². The second kappa shape index (κ2) is 8.32. The van der Waals surface area contributed by atoms with Crippen LogP contribution in [0.2, 0.25) is 0 Å². The van der Waals surface area contributed by atoms with Gasteiger partial charge in [-0.2, -0.15) is 0 Å². The highest BCUT2D eigenvalue weighted by molar-refractivity contribution is 5.85. The molecule has 0 aromatic heterocycles. The summed E-state index contributed by atoms with van der Waals surface area (Å²) >= 11 is 0. The van der Waals surface area contributed by atoms with Gasteiger partial charge >= 0.3 is 0 Å². The summed E-state index contributed by atoms with van der Waals surface area (Å²) in [4.78, 5) is 23.1. The fraction of sp³-hybridized carbons (Fsp3) is 0.833. The number of halogens is 1. The van der Waals surface area contributed by atoms with Crippen molar-refractivity contribution in [2.24, 2.45) is 17.4 Å². The lowest BCUT2D eigenvalue weighted by Gasteiger charge is -2.30. The normalized spacial score (nSPS) is 24.8. The van der Waals surface area contributed by atoms with E-state index < -0.39 is 6.04 Å². The minimum Gasteiger partial charge on any atom is -0.369 e. The molecule has 0 bridgehead atoms. The minimum atomic E-state index is -0.476. The third kappa shape index (κ3) is 4.82. The first kappa shape index (κ1) is 17.2. The van der Waals surface area contributed by atoms with E-state index in [0.29, 0.717) is 6.42 Å². The van der Waals surface area contributed by atoms with Crippen molar-refractivity contribution in [3.63, 3.8) is 0 Å². The standard InChI is InChI=1S/C12H23N3O2.ClH/c1-2-5-9(13)12(17)15-10-7-4-3-6-8(10)11(14)16;/h8-10H,2-7,13H2,1H3,(H2,14,16)(H,15,17);1H. The predicted octanol–water partition coefficient (Wildman–Crippen LogP) is 0.696. The fourth-order valence-electron chi connectivity index (χ4n) is 2.38. The summed E-state index contributed by atoms with van der Waals surface area (Å²) in [5, 5.41) is 2.87. The van der Waals surface area contributed by atoms with Crippen LogP contribution in [0.1, 0.15) is 45.4 Å². The van der Waals surface area contributed by atoms with Crippen LogP contribution >= 0.6 is 12.4 Å².